The minimum atomic E-state index is -0.768. The molecule has 10 heteroatoms. The van der Waals surface area contributed by atoms with Crippen LogP contribution >= 0.6 is 23.2 Å². The SMILES string of the molecule is CN(C)C(=O)COC(=O)CNC(=O)CNC(=O)c1ccc(Cl)cc1Cl. The Morgan fingerprint density at radius 2 is 1.76 bits per heavy atom. The molecule has 0 aliphatic rings. The fraction of sp³-hybridized carbons (Fsp3) is 0.333. The summed E-state index contributed by atoms with van der Waals surface area (Å²) in [5, 5.41) is 5.15. The van der Waals surface area contributed by atoms with Crippen molar-refractivity contribution in [1.29, 1.82) is 0 Å². The molecular formula is C15H17Cl2N3O5. The Morgan fingerprint density at radius 3 is 2.36 bits per heavy atom. The highest BCUT2D eigenvalue weighted by Crippen LogP contribution is 2.20. The second-order valence-corrected chi connectivity index (χ2v) is 5.88. The molecule has 0 spiro atoms. The Hall–Kier alpha value is -2.32. The molecule has 0 aromatic heterocycles. The highest BCUT2D eigenvalue weighted by Gasteiger charge is 2.13. The average molecular weight is 390 g/mol. The molecule has 25 heavy (non-hydrogen) atoms. The van der Waals surface area contributed by atoms with Crippen LogP contribution in [0.3, 0.4) is 0 Å². The summed E-state index contributed by atoms with van der Waals surface area (Å²) in [5.74, 6) is -2.31. The first-order valence-electron chi connectivity index (χ1n) is 7.06. The van der Waals surface area contributed by atoms with Gasteiger partial charge in [0.2, 0.25) is 5.91 Å². The Bertz CT molecular complexity index is 679. The third-order valence-corrected chi connectivity index (χ3v) is 3.42. The zero-order valence-corrected chi connectivity index (χ0v) is 15.1. The predicted octanol–water partition coefficient (Wildman–Crippen LogP) is 0.471. The molecule has 0 saturated carbocycles. The van der Waals surface area contributed by atoms with Crippen molar-refractivity contribution in [2.24, 2.45) is 0 Å². The molecule has 136 valence electrons. The number of nitrogens with zero attached hydrogens (tertiary/aromatic N) is 1. The lowest BCUT2D eigenvalue weighted by molar-refractivity contribution is -0.150. The summed E-state index contributed by atoms with van der Waals surface area (Å²) in [4.78, 5) is 47.4. The summed E-state index contributed by atoms with van der Waals surface area (Å²) < 4.78 is 4.68. The quantitative estimate of drug-likeness (QED) is 0.659. The van der Waals surface area contributed by atoms with Crippen molar-refractivity contribution >= 4 is 46.9 Å². The van der Waals surface area contributed by atoms with Gasteiger partial charge in [0.15, 0.2) is 6.61 Å². The van der Waals surface area contributed by atoms with Crippen molar-refractivity contribution in [2.45, 2.75) is 0 Å². The smallest absolute Gasteiger partial charge is 0.325 e. The molecule has 0 aliphatic heterocycles. The summed E-state index contributed by atoms with van der Waals surface area (Å²) in [6.07, 6.45) is 0. The molecule has 0 fully saturated rings. The molecule has 3 amide bonds. The lowest BCUT2D eigenvalue weighted by Crippen LogP contribution is -2.40. The summed E-state index contributed by atoms with van der Waals surface area (Å²) in [6.45, 7) is -1.19. The van der Waals surface area contributed by atoms with E-state index in [4.69, 9.17) is 23.2 Å². The molecule has 0 heterocycles. The summed E-state index contributed by atoms with van der Waals surface area (Å²) >= 11 is 11.6. The van der Waals surface area contributed by atoms with Gasteiger partial charge in [0.05, 0.1) is 17.1 Å². The van der Waals surface area contributed by atoms with Gasteiger partial charge in [-0.05, 0) is 18.2 Å². The van der Waals surface area contributed by atoms with E-state index in [2.05, 4.69) is 15.4 Å². The zero-order valence-electron chi connectivity index (χ0n) is 13.6. The molecule has 2 N–H and O–H groups in total. The lowest BCUT2D eigenvalue weighted by atomic mass is 10.2. The monoisotopic (exact) mass is 389 g/mol. The standard InChI is InChI=1S/C15H17Cl2N3O5/c1-20(2)13(22)8-25-14(23)7-18-12(21)6-19-15(24)10-4-3-9(16)5-11(10)17/h3-5H,6-8H2,1-2H3,(H,18,21)(H,19,24). The van der Waals surface area contributed by atoms with E-state index < -0.39 is 30.9 Å². The topological polar surface area (TPSA) is 105 Å². The molecule has 8 nitrogen and oxygen atoms in total. The second-order valence-electron chi connectivity index (χ2n) is 5.03. The third-order valence-electron chi connectivity index (χ3n) is 2.87. The summed E-state index contributed by atoms with van der Waals surface area (Å²) in [5.41, 5.74) is 0.167. The highest BCUT2D eigenvalue weighted by molar-refractivity contribution is 6.36. The molecule has 0 bridgehead atoms. The number of esters is 1. The van der Waals surface area contributed by atoms with E-state index in [0.29, 0.717) is 5.02 Å². The maximum Gasteiger partial charge on any atom is 0.325 e. The van der Waals surface area contributed by atoms with Crippen LogP contribution < -0.4 is 10.6 Å². The van der Waals surface area contributed by atoms with Crippen molar-refractivity contribution in [3.05, 3.63) is 33.8 Å². The van der Waals surface area contributed by atoms with E-state index >= 15 is 0 Å². The van der Waals surface area contributed by atoms with Gasteiger partial charge in [-0.1, -0.05) is 23.2 Å². The van der Waals surface area contributed by atoms with Gasteiger partial charge in [-0.25, -0.2) is 0 Å². The van der Waals surface area contributed by atoms with Crippen molar-refractivity contribution < 1.29 is 23.9 Å². The fourth-order valence-corrected chi connectivity index (χ4v) is 1.98. The van der Waals surface area contributed by atoms with E-state index in [0.717, 1.165) is 0 Å². The number of hydrogen-bond donors (Lipinski definition) is 2. The van der Waals surface area contributed by atoms with Crippen LogP contribution in [0.5, 0.6) is 0 Å². The molecule has 0 atom stereocenters. The minimum Gasteiger partial charge on any atom is -0.454 e. The molecule has 0 radical (unpaired) electrons. The average Bonchev–Trinajstić information content (AvgIpc) is 2.55. The molecular weight excluding hydrogens is 373 g/mol. The van der Waals surface area contributed by atoms with Gasteiger partial charge in [0, 0.05) is 19.1 Å². The van der Waals surface area contributed by atoms with Gasteiger partial charge < -0.3 is 20.3 Å². The number of carbonyl (C=O) groups excluding carboxylic acids is 4. The van der Waals surface area contributed by atoms with E-state index in [-0.39, 0.29) is 23.0 Å². The van der Waals surface area contributed by atoms with Crippen molar-refractivity contribution in [2.75, 3.05) is 33.8 Å². The van der Waals surface area contributed by atoms with Crippen LogP contribution in [-0.2, 0) is 19.1 Å². The van der Waals surface area contributed by atoms with Crippen LogP contribution in [0.4, 0.5) is 0 Å². The second kappa shape index (κ2) is 9.85. The molecule has 0 unspecified atom stereocenters. The number of rotatable bonds is 7. The van der Waals surface area contributed by atoms with Crippen molar-refractivity contribution in [1.82, 2.24) is 15.5 Å². The van der Waals surface area contributed by atoms with Crippen molar-refractivity contribution in [3.8, 4) is 0 Å². The molecule has 0 aliphatic carbocycles. The largest absolute Gasteiger partial charge is 0.454 e. The van der Waals surface area contributed by atoms with E-state index in [1.54, 1.807) is 0 Å². The van der Waals surface area contributed by atoms with Crippen LogP contribution in [0.1, 0.15) is 10.4 Å². The fourth-order valence-electron chi connectivity index (χ4n) is 1.49. The Morgan fingerprint density at radius 1 is 1.08 bits per heavy atom. The number of likely N-dealkylation sites (N-methyl/N-ethyl adjacent to an activating group) is 1. The number of ether oxygens (including phenoxy) is 1. The minimum absolute atomic E-state index is 0.152. The summed E-state index contributed by atoms with van der Waals surface area (Å²) in [7, 11) is 3.04. The summed E-state index contributed by atoms with van der Waals surface area (Å²) in [6, 6.07) is 4.33. The van der Waals surface area contributed by atoms with E-state index in [9.17, 15) is 19.2 Å². The first kappa shape index (κ1) is 20.7. The molecule has 0 saturated heterocycles. The lowest BCUT2D eigenvalue weighted by Gasteiger charge is -2.11. The molecule has 1 aromatic rings. The van der Waals surface area contributed by atoms with Crippen LogP contribution in [0.2, 0.25) is 10.0 Å². The van der Waals surface area contributed by atoms with E-state index in [1.807, 2.05) is 0 Å². The van der Waals surface area contributed by atoms with Gasteiger partial charge in [0.25, 0.3) is 11.8 Å². The van der Waals surface area contributed by atoms with Gasteiger partial charge in [-0.3, -0.25) is 19.2 Å². The molecule has 1 aromatic carbocycles. The number of nitrogens with one attached hydrogen (secondary N) is 2. The van der Waals surface area contributed by atoms with Crippen LogP contribution in [0, 0.1) is 0 Å². The zero-order chi connectivity index (χ0) is 19.0. The Balaban J connectivity index is 2.34. The first-order valence-corrected chi connectivity index (χ1v) is 7.82. The number of carbonyl (C=O) groups is 4. The third kappa shape index (κ3) is 7.40. The Labute approximate surface area is 154 Å². The maximum absolute atomic E-state index is 11.9. The number of halogens is 2. The van der Waals surface area contributed by atoms with Crippen LogP contribution in [0.25, 0.3) is 0 Å². The van der Waals surface area contributed by atoms with Crippen molar-refractivity contribution in [3.63, 3.8) is 0 Å². The normalized spacial score (nSPS) is 9.92. The maximum atomic E-state index is 11.9. The highest BCUT2D eigenvalue weighted by atomic mass is 35.5. The molecule has 1 rings (SSSR count). The van der Waals surface area contributed by atoms with Gasteiger partial charge in [-0.2, -0.15) is 0 Å². The van der Waals surface area contributed by atoms with Crippen LogP contribution in [0.15, 0.2) is 18.2 Å². The Kier molecular flexibility index (Phi) is 8.17. The number of hydrogen-bond acceptors (Lipinski definition) is 5. The van der Waals surface area contributed by atoms with E-state index in [1.165, 1.54) is 37.2 Å². The van der Waals surface area contributed by atoms with Gasteiger partial charge in [0.1, 0.15) is 6.54 Å². The van der Waals surface area contributed by atoms with Gasteiger partial charge >= 0.3 is 5.97 Å². The van der Waals surface area contributed by atoms with Gasteiger partial charge in [-0.15, -0.1) is 0 Å². The first-order chi connectivity index (χ1) is 11.7. The number of benzene rings is 1. The number of amides is 3. The predicted molar refractivity (Wildman–Crippen MR) is 91.5 cm³/mol. The van der Waals surface area contributed by atoms with Crippen LogP contribution in [-0.4, -0.2) is 62.4 Å².